The number of aryl methyl sites for hydroxylation is 1. The monoisotopic (exact) mass is 266 g/mol. The first-order chi connectivity index (χ1) is 9.12. The Labute approximate surface area is 114 Å². The molecule has 1 N–H and O–H groups in total. The number of ether oxygens (including phenoxy) is 2. The van der Waals surface area contributed by atoms with E-state index in [-0.39, 0.29) is 5.97 Å². The minimum Gasteiger partial charge on any atom is -0.477 e. The Kier molecular flexibility index (Phi) is 6.29. The number of nitrogens with zero attached hydrogens (tertiary/aromatic N) is 1. The van der Waals surface area contributed by atoms with Gasteiger partial charge in [-0.05, 0) is 39.4 Å². The first-order valence-corrected chi connectivity index (χ1v) is 6.56. The maximum atomic E-state index is 11.7. The Bertz CT molecular complexity index is 421. The molecule has 19 heavy (non-hydrogen) atoms. The van der Waals surface area contributed by atoms with E-state index in [9.17, 15) is 4.79 Å². The molecule has 0 bridgehead atoms. The largest absolute Gasteiger partial charge is 0.477 e. The van der Waals surface area contributed by atoms with Crippen molar-refractivity contribution in [3.63, 3.8) is 0 Å². The number of hydrogen-bond donors (Lipinski definition) is 1. The van der Waals surface area contributed by atoms with Crippen LogP contribution in [0.25, 0.3) is 0 Å². The maximum absolute atomic E-state index is 11.7. The summed E-state index contributed by atoms with van der Waals surface area (Å²) in [4.78, 5) is 16.1. The zero-order valence-electron chi connectivity index (χ0n) is 12.0. The van der Waals surface area contributed by atoms with E-state index < -0.39 is 6.10 Å². The molecule has 1 unspecified atom stereocenters. The van der Waals surface area contributed by atoms with Crippen molar-refractivity contribution in [2.24, 2.45) is 0 Å². The van der Waals surface area contributed by atoms with Gasteiger partial charge in [0, 0.05) is 12.2 Å². The predicted octanol–water partition coefficient (Wildman–Crippen LogP) is 1.83. The van der Waals surface area contributed by atoms with Crippen molar-refractivity contribution in [3.8, 4) is 5.75 Å². The fraction of sp³-hybridized carbons (Fsp3) is 0.571. The molecule has 5 nitrogen and oxygen atoms in total. The summed E-state index contributed by atoms with van der Waals surface area (Å²) < 4.78 is 10.7. The summed E-state index contributed by atoms with van der Waals surface area (Å²) in [7, 11) is 1.84. The molecule has 106 valence electrons. The predicted molar refractivity (Wildman–Crippen MR) is 73.1 cm³/mol. The third-order valence-electron chi connectivity index (χ3n) is 2.61. The Morgan fingerprint density at radius 2 is 2.16 bits per heavy atom. The van der Waals surface area contributed by atoms with Crippen molar-refractivity contribution in [3.05, 3.63) is 23.5 Å². The van der Waals surface area contributed by atoms with E-state index in [1.54, 1.807) is 6.92 Å². The quantitative estimate of drug-likeness (QED) is 0.763. The van der Waals surface area contributed by atoms with Crippen molar-refractivity contribution in [1.82, 2.24) is 10.3 Å². The SMILES string of the molecule is CCOC(=O)C(CC)Oc1ccc(C)nc1CNC. The molecule has 1 aromatic heterocycles. The minimum atomic E-state index is -0.583. The lowest BCUT2D eigenvalue weighted by Gasteiger charge is -2.18. The summed E-state index contributed by atoms with van der Waals surface area (Å²) in [6.45, 7) is 6.54. The van der Waals surface area contributed by atoms with Crippen molar-refractivity contribution in [2.75, 3.05) is 13.7 Å². The normalized spacial score (nSPS) is 12.0. The third kappa shape index (κ3) is 4.52. The van der Waals surface area contributed by atoms with Crippen LogP contribution in [0.15, 0.2) is 12.1 Å². The number of carbonyl (C=O) groups is 1. The first-order valence-electron chi connectivity index (χ1n) is 6.56. The van der Waals surface area contributed by atoms with E-state index >= 15 is 0 Å². The summed E-state index contributed by atoms with van der Waals surface area (Å²) in [6, 6.07) is 3.71. The Morgan fingerprint density at radius 1 is 1.42 bits per heavy atom. The van der Waals surface area contributed by atoms with E-state index in [0.29, 0.717) is 25.3 Å². The molecule has 1 heterocycles. The van der Waals surface area contributed by atoms with Crippen LogP contribution in [-0.4, -0.2) is 30.7 Å². The molecule has 0 aromatic carbocycles. The molecule has 1 aromatic rings. The van der Waals surface area contributed by atoms with Gasteiger partial charge in [-0.1, -0.05) is 6.92 Å². The van der Waals surface area contributed by atoms with Gasteiger partial charge in [0.05, 0.1) is 12.3 Å². The fourth-order valence-electron chi connectivity index (χ4n) is 1.69. The second-order valence-corrected chi connectivity index (χ2v) is 4.19. The van der Waals surface area contributed by atoms with Crippen molar-refractivity contribution >= 4 is 5.97 Å². The Morgan fingerprint density at radius 3 is 2.74 bits per heavy atom. The summed E-state index contributed by atoms with van der Waals surface area (Å²) in [5.74, 6) is 0.292. The van der Waals surface area contributed by atoms with Crippen LogP contribution in [0.4, 0.5) is 0 Å². The van der Waals surface area contributed by atoms with Crippen molar-refractivity contribution in [2.45, 2.75) is 39.8 Å². The summed E-state index contributed by atoms with van der Waals surface area (Å²) in [5, 5.41) is 3.04. The average Bonchev–Trinajstić information content (AvgIpc) is 2.38. The van der Waals surface area contributed by atoms with Gasteiger partial charge in [-0.3, -0.25) is 4.98 Å². The molecular weight excluding hydrogens is 244 g/mol. The maximum Gasteiger partial charge on any atom is 0.347 e. The number of nitrogens with one attached hydrogen (secondary N) is 1. The van der Waals surface area contributed by atoms with E-state index in [2.05, 4.69) is 10.3 Å². The van der Waals surface area contributed by atoms with Crippen molar-refractivity contribution in [1.29, 1.82) is 0 Å². The highest BCUT2D eigenvalue weighted by atomic mass is 16.6. The van der Waals surface area contributed by atoms with Crippen LogP contribution in [0, 0.1) is 6.92 Å². The molecule has 0 spiro atoms. The average molecular weight is 266 g/mol. The van der Waals surface area contributed by atoms with Gasteiger partial charge in [0.1, 0.15) is 5.75 Å². The first kappa shape index (κ1) is 15.4. The number of pyridine rings is 1. The van der Waals surface area contributed by atoms with E-state index in [1.807, 2.05) is 33.0 Å². The molecule has 0 fully saturated rings. The molecule has 1 atom stereocenters. The van der Waals surface area contributed by atoms with Gasteiger partial charge >= 0.3 is 5.97 Å². The molecule has 0 aliphatic rings. The van der Waals surface area contributed by atoms with Crippen LogP contribution in [-0.2, 0) is 16.1 Å². The van der Waals surface area contributed by atoms with Crippen molar-refractivity contribution < 1.29 is 14.3 Å². The lowest BCUT2D eigenvalue weighted by molar-refractivity contribution is -0.151. The van der Waals surface area contributed by atoms with Gasteiger partial charge < -0.3 is 14.8 Å². The molecule has 0 aliphatic carbocycles. The Balaban J connectivity index is 2.86. The minimum absolute atomic E-state index is 0.332. The van der Waals surface area contributed by atoms with Gasteiger partial charge in [0.25, 0.3) is 0 Å². The van der Waals surface area contributed by atoms with Gasteiger partial charge in [-0.25, -0.2) is 4.79 Å². The molecule has 0 amide bonds. The number of hydrogen-bond acceptors (Lipinski definition) is 5. The summed E-state index contributed by atoms with van der Waals surface area (Å²) in [5.41, 5.74) is 1.71. The fourth-order valence-corrected chi connectivity index (χ4v) is 1.69. The topological polar surface area (TPSA) is 60.5 Å². The molecular formula is C14H22N2O3. The second-order valence-electron chi connectivity index (χ2n) is 4.19. The van der Waals surface area contributed by atoms with Gasteiger partial charge in [0.15, 0.2) is 6.10 Å². The zero-order chi connectivity index (χ0) is 14.3. The summed E-state index contributed by atoms with van der Waals surface area (Å²) in [6.07, 6.45) is -0.0221. The van der Waals surface area contributed by atoms with Crippen LogP contribution in [0.2, 0.25) is 0 Å². The third-order valence-corrected chi connectivity index (χ3v) is 2.61. The molecule has 0 aliphatic heterocycles. The van der Waals surface area contributed by atoms with E-state index in [1.165, 1.54) is 0 Å². The molecule has 1 rings (SSSR count). The van der Waals surface area contributed by atoms with Gasteiger partial charge in [-0.15, -0.1) is 0 Å². The summed E-state index contributed by atoms with van der Waals surface area (Å²) >= 11 is 0. The van der Waals surface area contributed by atoms with Crippen LogP contribution in [0.1, 0.15) is 31.7 Å². The zero-order valence-corrected chi connectivity index (χ0v) is 12.0. The van der Waals surface area contributed by atoms with E-state index in [4.69, 9.17) is 9.47 Å². The lowest BCUT2D eigenvalue weighted by atomic mass is 10.2. The van der Waals surface area contributed by atoms with Crippen LogP contribution < -0.4 is 10.1 Å². The van der Waals surface area contributed by atoms with Crippen LogP contribution in [0.3, 0.4) is 0 Å². The molecule has 0 saturated heterocycles. The standard InChI is InChI=1S/C14H22N2O3/c1-5-12(14(17)18-6-2)19-13-8-7-10(3)16-11(13)9-15-4/h7-8,12,15H,5-6,9H2,1-4H3. The van der Waals surface area contributed by atoms with Gasteiger partial charge in [0.2, 0.25) is 0 Å². The van der Waals surface area contributed by atoms with E-state index in [0.717, 1.165) is 11.4 Å². The number of carbonyl (C=O) groups excluding carboxylic acids is 1. The van der Waals surface area contributed by atoms with Crippen LogP contribution in [0.5, 0.6) is 5.75 Å². The molecule has 5 heteroatoms. The highest BCUT2D eigenvalue weighted by molar-refractivity contribution is 5.75. The highest BCUT2D eigenvalue weighted by Crippen LogP contribution is 2.19. The number of rotatable bonds is 7. The Hall–Kier alpha value is -1.62. The lowest BCUT2D eigenvalue weighted by Crippen LogP contribution is -2.29. The second kappa shape index (κ2) is 7.74. The number of aromatic nitrogens is 1. The molecule has 0 saturated carbocycles. The number of esters is 1. The highest BCUT2D eigenvalue weighted by Gasteiger charge is 2.21. The van der Waals surface area contributed by atoms with Gasteiger partial charge in [-0.2, -0.15) is 0 Å². The smallest absolute Gasteiger partial charge is 0.347 e. The molecule has 0 radical (unpaired) electrons. The van der Waals surface area contributed by atoms with Crippen LogP contribution >= 0.6 is 0 Å².